The Morgan fingerprint density at radius 3 is 1.95 bits per heavy atom. The minimum Gasteiger partial charge on any atom is -0.478 e. The van der Waals surface area contributed by atoms with Gasteiger partial charge in [-0.3, -0.25) is 10.2 Å². The number of amides is 2. The summed E-state index contributed by atoms with van der Waals surface area (Å²) in [7, 11) is 0. The summed E-state index contributed by atoms with van der Waals surface area (Å²) in [5.41, 5.74) is 0.288. The fraction of sp³-hybridized carbons (Fsp3) is 0.500. The highest BCUT2D eigenvalue weighted by Gasteiger charge is 2.39. The molecule has 0 saturated heterocycles. The molecule has 0 heterocycles. The van der Waals surface area contributed by atoms with Crippen LogP contribution in [0.2, 0.25) is 0 Å². The number of hydrogen-bond acceptors (Lipinski definition) is 4. The lowest BCUT2D eigenvalue weighted by molar-refractivity contribution is -0.145. The van der Waals surface area contributed by atoms with Gasteiger partial charge < -0.3 is 9.84 Å². The topological polar surface area (TPSA) is 105 Å². The molecule has 0 rings (SSSR count). The van der Waals surface area contributed by atoms with E-state index >= 15 is 0 Å². The monoisotopic (exact) mass is 298 g/mol. The molecule has 0 bridgehead atoms. The van der Waals surface area contributed by atoms with Crippen LogP contribution in [0.25, 0.3) is 0 Å². The molecule has 0 unspecified atom stereocenters. The Hall–Kier alpha value is -2.26. The van der Waals surface area contributed by atoms with Crippen LogP contribution in [0.4, 0.5) is 18.0 Å². The Balaban J connectivity index is 4.63. The van der Waals surface area contributed by atoms with E-state index in [1.54, 1.807) is 10.9 Å². The first-order chi connectivity index (χ1) is 8.83. The number of aliphatic carboxylic acids is 1. The average molecular weight is 298 g/mol. The van der Waals surface area contributed by atoms with Gasteiger partial charge in [-0.15, -0.1) is 0 Å². The van der Waals surface area contributed by atoms with Gasteiger partial charge in [-0.05, 0) is 20.8 Å². The van der Waals surface area contributed by atoms with Gasteiger partial charge >= 0.3 is 18.2 Å². The zero-order chi connectivity index (χ0) is 16.1. The first-order valence-electron chi connectivity index (χ1n) is 5.14. The van der Waals surface area contributed by atoms with Gasteiger partial charge in [0.05, 0.1) is 0 Å². The third kappa shape index (κ3) is 7.24. The zero-order valence-electron chi connectivity index (χ0n) is 10.8. The maximum absolute atomic E-state index is 12.2. The largest absolute Gasteiger partial charge is 0.478 e. The van der Waals surface area contributed by atoms with Crippen molar-refractivity contribution in [3.05, 3.63) is 11.6 Å². The van der Waals surface area contributed by atoms with Crippen LogP contribution in [0.5, 0.6) is 0 Å². The second kappa shape index (κ2) is 6.26. The molecule has 3 N–H and O–H groups in total. The molecular weight excluding hydrogens is 285 g/mol. The fourth-order valence-corrected chi connectivity index (χ4v) is 0.848. The zero-order valence-corrected chi connectivity index (χ0v) is 10.8. The summed E-state index contributed by atoms with van der Waals surface area (Å²) in [4.78, 5) is 32.5. The Morgan fingerprint density at radius 1 is 1.10 bits per heavy atom. The van der Waals surface area contributed by atoms with Crippen LogP contribution in [0.3, 0.4) is 0 Å². The lowest BCUT2D eigenvalue weighted by Crippen LogP contribution is -2.44. The molecule has 0 spiro atoms. The number of ether oxygens (including phenoxy) is 1. The predicted molar refractivity (Wildman–Crippen MR) is 59.3 cm³/mol. The molecule has 7 nitrogen and oxygen atoms in total. The number of carboxylic acids is 1. The Labute approximate surface area is 111 Å². The minimum absolute atomic E-state index is 0.195. The van der Waals surface area contributed by atoms with Crippen molar-refractivity contribution in [3.63, 3.8) is 0 Å². The van der Waals surface area contributed by atoms with Crippen molar-refractivity contribution in [3.8, 4) is 0 Å². The quantitative estimate of drug-likeness (QED) is 0.523. The number of carboxylic acid groups (broad SMARTS) is 1. The average Bonchev–Trinajstić information content (AvgIpc) is 2.18. The van der Waals surface area contributed by atoms with Crippen molar-refractivity contribution in [1.82, 2.24) is 10.9 Å². The number of nitrogens with one attached hydrogen (secondary N) is 2. The summed E-state index contributed by atoms with van der Waals surface area (Å²) in [5, 5.41) is 8.31. The Bertz CT molecular complexity index is 437. The van der Waals surface area contributed by atoms with Gasteiger partial charge in [0.15, 0.2) is 0 Å². The predicted octanol–water partition coefficient (Wildman–Crippen LogP) is 1.12. The number of carbonyl (C=O) groups is 3. The molecule has 0 aromatic carbocycles. The number of hydrazine groups is 1. The maximum Gasteiger partial charge on any atom is 0.426 e. The minimum atomic E-state index is -5.20. The van der Waals surface area contributed by atoms with E-state index in [4.69, 9.17) is 5.11 Å². The SMILES string of the molecule is CC(C)(C)OC(=O)NNC(=O)C=C(C(=O)O)C(F)(F)F. The molecule has 0 atom stereocenters. The normalized spacial score (nSPS) is 12.6. The summed E-state index contributed by atoms with van der Waals surface area (Å²) in [6.07, 6.45) is -6.50. The smallest absolute Gasteiger partial charge is 0.426 e. The molecular formula is C10H13F3N2O5. The van der Waals surface area contributed by atoms with Crippen LogP contribution >= 0.6 is 0 Å². The van der Waals surface area contributed by atoms with E-state index in [1.807, 2.05) is 0 Å². The number of hydrogen-bond donors (Lipinski definition) is 3. The summed E-state index contributed by atoms with van der Waals surface area (Å²) >= 11 is 0. The van der Waals surface area contributed by atoms with E-state index in [2.05, 4.69) is 4.74 Å². The van der Waals surface area contributed by atoms with Crippen molar-refractivity contribution >= 4 is 18.0 Å². The van der Waals surface area contributed by atoms with Gasteiger partial charge in [0, 0.05) is 6.08 Å². The standard InChI is InChI=1S/C10H13F3N2O5/c1-9(2,3)20-8(19)15-14-6(16)4-5(7(17)18)10(11,12)13/h4H,1-3H3,(H,14,16)(H,15,19)(H,17,18). The first-order valence-corrected chi connectivity index (χ1v) is 5.14. The van der Waals surface area contributed by atoms with Crippen molar-refractivity contribution in [2.45, 2.75) is 32.5 Å². The number of rotatable bonds is 2. The fourth-order valence-electron chi connectivity index (χ4n) is 0.848. The first kappa shape index (κ1) is 17.7. The van der Waals surface area contributed by atoms with Crippen molar-refractivity contribution < 1.29 is 37.4 Å². The third-order valence-corrected chi connectivity index (χ3v) is 1.50. The van der Waals surface area contributed by atoms with Crippen LogP contribution < -0.4 is 10.9 Å². The van der Waals surface area contributed by atoms with Crippen LogP contribution in [0.1, 0.15) is 20.8 Å². The molecule has 0 aliphatic carbocycles. The molecule has 0 aromatic heterocycles. The van der Waals surface area contributed by atoms with Crippen LogP contribution in [-0.4, -0.2) is 34.9 Å². The van der Waals surface area contributed by atoms with Crippen molar-refractivity contribution in [2.24, 2.45) is 0 Å². The van der Waals surface area contributed by atoms with Gasteiger partial charge in [0.1, 0.15) is 11.2 Å². The van der Waals surface area contributed by atoms with Crippen LogP contribution in [0.15, 0.2) is 11.6 Å². The molecule has 0 saturated carbocycles. The number of alkyl halides is 3. The summed E-state index contributed by atoms with van der Waals surface area (Å²) in [5.74, 6) is -3.78. The molecule has 20 heavy (non-hydrogen) atoms. The van der Waals surface area contributed by atoms with Crippen molar-refractivity contribution in [1.29, 1.82) is 0 Å². The molecule has 0 aliphatic rings. The third-order valence-electron chi connectivity index (χ3n) is 1.50. The molecule has 114 valence electrons. The van der Waals surface area contributed by atoms with E-state index in [1.165, 1.54) is 20.8 Å². The van der Waals surface area contributed by atoms with E-state index in [-0.39, 0.29) is 6.08 Å². The second-order valence-corrected chi connectivity index (χ2v) is 4.48. The van der Waals surface area contributed by atoms with Crippen molar-refractivity contribution in [2.75, 3.05) is 0 Å². The Kier molecular flexibility index (Phi) is 5.55. The second-order valence-electron chi connectivity index (χ2n) is 4.48. The molecule has 0 radical (unpaired) electrons. The number of halogens is 3. The van der Waals surface area contributed by atoms with E-state index in [0.29, 0.717) is 0 Å². The lowest BCUT2D eigenvalue weighted by Gasteiger charge is -2.19. The lowest BCUT2D eigenvalue weighted by atomic mass is 10.2. The molecule has 0 aliphatic heterocycles. The summed E-state index contributed by atoms with van der Waals surface area (Å²) < 4.78 is 41.3. The van der Waals surface area contributed by atoms with E-state index in [9.17, 15) is 27.6 Å². The van der Waals surface area contributed by atoms with Gasteiger partial charge in [0.25, 0.3) is 5.91 Å². The van der Waals surface area contributed by atoms with Gasteiger partial charge in [0.2, 0.25) is 0 Å². The molecule has 0 fully saturated rings. The highest BCUT2D eigenvalue weighted by molar-refractivity contribution is 5.98. The number of carbonyl (C=O) groups excluding carboxylic acids is 2. The molecule has 0 aromatic rings. The summed E-state index contributed by atoms with van der Waals surface area (Å²) in [6.45, 7) is 4.58. The van der Waals surface area contributed by atoms with Gasteiger partial charge in [-0.25, -0.2) is 15.0 Å². The van der Waals surface area contributed by atoms with Crippen LogP contribution in [0, 0.1) is 0 Å². The van der Waals surface area contributed by atoms with E-state index < -0.39 is 35.3 Å². The molecule has 10 heteroatoms. The van der Waals surface area contributed by atoms with Crippen LogP contribution in [-0.2, 0) is 14.3 Å². The summed E-state index contributed by atoms with van der Waals surface area (Å²) in [6, 6.07) is 0. The van der Waals surface area contributed by atoms with E-state index in [0.717, 1.165) is 0 Å². The van der Waals surface area contributed by atoms with Gasteiger partial charge in [-0.1, -0.05) is 0 Å². The van der Waals surface area contributed by atoms with Gasteiger partial charge in [-0.2, -0.15) is 13.2 Å². The highest BCUT2D eigenvalue weighted by atomic mass is 19.4. The Morgan fingerprint density at radius 2 is 1.60 bits per heavy atom. The highest BCUT2D eigenvalue weighted by Crippen LogP contribution is 2.25. The maximum atomic E-state index is 12.2. The molecule has 2 amide bonds.